The summed E-state index contributed by atoms with van der Waals surface area (Å²) in [5.41, 5.74) is 0. The number of rotatable bonds is 0. The Bertz CT molecular complexity index is 549. The Balaban J connectivity index is 2.61. The van der Waals surface area contributed by atoms with Gasteiger partial charge in [0.05, 0.1) is 0 Å². The van der Waals surface area contributed by atoms with Crippen molar-refractivity contribution < 1.29 is 0 Å². The number of fused-ring (bicyclic) bond motifs is 3. The molecule has 0 spiro atoms. The van der Waals surface area contributed by atoms with Gasteiger partial charge >= 0.3 is 0 Å². The maximum atomic E-state index is 4.22. The molecule has 0 fully saturated rings. The zero-order valence-corrected chi connectivity index (χ0v) is 8.41. The Kier molecular flexibility index (Phi) is 1.71. The summed E-state index contributed by atoms with van der Waals surface area (Å²) in [6.45, 7) is 0. The predicted octanol–water partition coefficient (Wildman–Crippen LogP) is 3.97. The topological polar surface area (TPSA) is 12.9 Å². The molecule has 14 heavy (non-hydrogen) atoms. The fourth-order valence-electron chi connectivity index (χ4n) is 1.75. The van der Waals surface area contributed by atoms with Crippen LogP contribution < -0.4 is 0 Å². The van der Waals surface area contributed by atoms with Crippen LogP contribution in [0, 0.1) is 0 Å². The van der Waals surface area contributed by atoms with Crippen molar-refractivity contribution in [3.8, 4) is 0 Å². The molecule has 0 aliphatic rings. The minimum atomic E-state index is 1.06. The molecule has 3 aromatic rings. The van der Waals surface area contributed by atoms with Crippen molar-refractivity contribution in [3.05, 3.63) is 48.7 Å². The van der Waals surface area contributed by atoms with Crippen molar-refractivity contribution in [2.24, 2.45) is 0 Å². The monoisotopic (exact) mass is 197 g/mol. The molecule has 0 atom stereocenters. The van der Waals surface area contributed by atoms with E-state index in [1.807, 2.05) is 6.20 Å². The number of hydrogen-bond acceptors (Lipinski definition) is 1. The fraction of sp³-hybridized carbons (Fsp3) is 0. The molecule has 0 saturated carbocycles. The minimum Gasteiger partial charge on any atom is -0.235 e. The van der Waals surface area contributed by atoms with Gasteiger partial charge in [-0.25, -0.2) is 4.75 Å². The Morgan fingerprint density at radius 1 is 0.857 bits per heavy atom. The SMILES string of the molecule is c1ccc2c(c1)ccc1pnccc12. The van der Waals surface area contributed by atoms with Gasteiger partial charge in [-0.3, -0.25) is 0 Å². The second-order valence-corrected chi connectivity index (χ2v) is 4.16. The van der Waals surface area contributed by atoms with Crippen molar-refractivity contribution in [1.29, 1.82) is 0 Å². The summed E-state index contributed by atoms with van der Waals surface area (Å²) < 4.78 is 4.22. The molecule has 1 aromatic heterocycles. The van der Waals surface area contributed by atoms with Crippen LogP contribution in [-0.4, -0.2) is 4.75 Å². The molecule has 0 N–H and O–H groups in total. The van der Waals surface area contributed by atoms with Crippen molar-refractivity contribution >= 4 is 29.6 Å². The Morgan fingerprint density at radius 3 is 2.79 bits per heavy atom. The molecule has 0 radical (unpaired) electrons. The van der Waals surface area contributed by atoms with E-state index in [-0.39, 0.29) is 0 Å². The average Bonchev–Trinajstić information content (AvgIpc) is 2.29. The highest BCUT2D eigenvalue weighted by molar-refractivity contribution is 7.32. The van der Waals surface area contributed by atoms with E-state index in [0.717, 1.165) is 8.35 Å². The van der Waals surface area contributed by atoms with E-state index in [0.29, 0.717) is 0 Å². The molecule has 2 heteroatoms. The fourth-order valence-corrected chi connectivity index (χ4v) is 2.45. The predicted molar refractivity (Wildman–Crippen MR) is 61.8 cm³/mol. The standard InChI is InChI=1S/C12H8NP/c1-2-4-10-9(3-1)5-6-12-11(10)7-8-13-14-12/h1-8H. The maximum Gasteiger partial charge on any atom is 0.0458 e. The van der Waals surface area contributed by atoms with Gasteiger partial charge in [-0.15, -0.1) is 0 Å². The highest BCUT2D eigenvalue weighted by atomic mass is 31.0. The van der Waals surface area contributed by atoms with E-state index >= 15 is 0 Å². The van der Waals surface area contributed by atoms with Crippen LogP contribution in [0.5, 0.6) is 0 Å². The Morgan fingerprint density at radius 2 is 1.79 bits per heavy atom. The number of aromatic nitrogens is 1. The minimum absolute atomic E-state index is 1.06. The largest absolute Gasteiger partial charge is 0.235 e. The Hall–Kier alpha value is -1.46. The molecule has 0 aliphatic carbocycles. The summed E-state index contributed by atoms with van der Waals surface area (Å²) in [6, 6.07) is 14.9. The van der Waals surface area contributed by atoms with Gasteiger partial charge in [0.25, 0.3) is 0 Å². The van der Waals surface area contributed by atoms with Gasteiger partial charge in [0, 0.05) is 19.7 Å². The highest BCUT2D eigenvalue weighted by Gasteiger charge is 1.98. The van der Waals surface area contributed by atoms with Crippen LogP contribution >= 0.6 is 8.35 Å². The van der Waals surface area contributed by atoms with Crippen molar-refractivity contribution in [2.75, 3.05) is 0 Å². The van der Waals surface area contributed by atoms with Gasteiger partial charge in [-0.05, 0) is 28.3 Å². The molecular weight excluding hydrogens is 189 g/mol. The van der Waals surface area contributed by atoms with Gasteiger partial charge in [0.1, 0.15) is 0 Å². The zero-order chi connectivity index (χ0) is 9.38. The second-order valence-electron chi connectivity index (χ2n) is 3.25. The zero-order valence-electron chi connectivity index (χ0n) is 7.51. The van der Waals surface area contributed by atoms with Gasteiger partial charge in [-0.1, -0.05) is 30.3 Å². The third kappa shape index (κ3) is 1.10. The quantitative estimate of drug-likeness (QED) is 0.497. The molecule has 0 saturated heterocycles. The van der Waals surface area contributed by atoms with Crippen molar-refractivity contribution in [3.63, 3.8) is 0 Å². The molecule has 0 amide bonds. The number of nitrogens with zero attached hydrogens (tertiary/aromatic N) is 1. The van der Waals surface area contributed by atoms with Crippen LogP contribution in [0.2, 0.25) is 0 Å². The third-order valence-electron chi connectivity index (χ3n) is 2.42. The summed E-state index contributed by atoms with van der Waals surface area (Å²) in [4.78, 5) is 0. The van der Waals surface area contributed by atoms with Gasteiger partial charge in [0.2, 0.25) is 0 Å². The van der Waals surface area contributed by atoms with Crippen LogP contribution in [-0.2, 0) is 0 Å². The smallest absolute Gasteiger partial charge is 0.0458 e. The van der Waals surface area contributed by atoms with Gasteiger partial charge in [0.15, 0.2) is 0 Å². The van der Waals surface area contributed by atoms with E-state index in [4.69, 9.17) is 0 Å². The lowest BCUT2D eigenvalue weighted by atomic mass is 10.1. The van der Waals surface area contributed by atoms with Crippen LogP contribution in [0.1, 0.15) is 0 Å². The molecule has 2 aromatic carbocycles. The second kappa shape index (κ2) is 3.04. The first kappa shape index (κ1) is 7.90. The van der Waals surface area contributed by atoms with Crippen LogP contribution in [0.3, 0.4) is 0 Å². The molecule has 1 nitrogen and oxygen atoms in total. The summed E-state index contributed by atoms with van der Waals surface area (Å²) >= 11 is 0. The van der Waals surface area contributed by atoms with E-state index in [9.17, 15) is 0 Å². The third-order valence-corrected chi connectivity index (χ3v) is 3.28. The first-order valence-electron chi connectivity index (χ1n) is 4.54. The maximum absolute atomic E-state index is 4.22. The molecule has 0 bridgehead atoms. The molecular formula is C12H8NP. The number of benzene rings is 2. The van der Waals surface area contributed by atoms with E-state index in [1.165, 1.54) is 21.3 Å². The number of hydrogen-bond donors (Lipinski definition) is 0. The van der Waals surface area contributed by atoms with Crippen molar-refractivity contribution in [2.45, 2.75) is 0 Å². The van der Waals surface area contributed by atoms with Crippen LogP contribution in [0.15, 0.2) is 48.7 Å². The highest BCUT2D eigenvalue weighted by Crippen LogP contribution is 2.27. The van der Waals surface area contributed by atoms with Gasteiger partial charge in [-0.2, -0.15) is 0 Å². The summed E-state index contributed by atoms with van der Waals surface area (Å²) in [6.07, 6.45) is 1.89. The molecule has 3 rings (SSSR count). The molecule has 66 valence electrons. The first-order valence-corrected chi connectivity index (χ1v) is 5.39. The normalized spacial score (nSPS) is 11.4. The van der Waals surface area contributed by atoms with E-state index in [1.54, 1.807) is 0 Å². The van der Waals surface area contributed by atoms with E-state index in [2.05, 4.69) is 47.2 Å². The molecule has 0 unspecified atom stereocenters. The summed E-state index contributed by atoms with van der Waals surface area (Å²) in [7, 11) is 1.06. The molecule has 1 heterocycles. The lowest BCUT2D eigenvalue weighted by Gasteiger charge is -2.01. The van der Waals surface area contributed by atoms with Crippen LogP contribution in [0.25, 0.3) is 21.3 Å². The Labute approximate surface area is 83.6 Å². The summed E-state index contributed by atoms with van der Waals surface area (Å²) in [5, 5.41) is 5.24. The molecule has 0 aliphatic heterocycles. The van der Waals surface area contributed by atoms with E-state index < -0.39 is 0 Å². The lowest BCUT2D eigenvalue weighted by molar-refractivity contribution is 1.56. The van der Waals surface area contributed by atoms with Crippen molar-refractivity contribution in [1.82, 2.24) is 4.75 Å². The van der Waals surface area contributed by atoms with Crippen LogP contribution in [0.4, 0.5) is 0 Å². The van der Waals surface area contributed by atoms with Gasteiger partial charge < -0.3 is 0 Å². The lowest BCUT2D eigenvalue weighted by Crippen LogP contribution is -1.74. The average molecular weight is 197 g/mol. The summed E-state index contributed by atoms with van der Waals surface area (Å²) in [5.74, 6) is 0. The first-order chi connectivity index (χ1) is 6.95.